The predicted octanol–water partition coefficient (Wildman–Crippen LogP) is 7.75. The number of methoxy groups -OCH3 is 1. The Bertz CT molecular complexity index is 2030. The summed E-state index contributed by atoms with van der Waals surface area (Å²) in [5.74, 6) is 2.45. The molecular formula is C34H28BrN3O5. The number of nitrogens with zero attached hydrogens (tertiary/aromatic N) is 3. The lowest BCUT2D eigenvalue weighted by molar-refractivity contribution is 0.269. The van der Waals surface area contributed by atoms with Gasteiger partial charge in [-0.05, 0) is 77.8 Å². The number of hydrogen-bond donors (Lipinski definition) is 0. The van der Waals surface area contributed by atoms with Crippen LogP contribution in [0.25, 0.3) is 33.5 Å². The molecule has 6 aromatic rings. The molecule has 0 N–H and O–H groups in total. The van der Waals surface area contributed by atoms with Gasteiger partial charge in [-0.25, -0.2) is 4.98 Å². The highest BCUT2D eigenvalue weighted by Gasteiger charge is 2.18. The summed E-state index contributed by atoms with van der Waals surface area (Å²) in [5.41, 5.74) is 3.74. The van der Waals surface area contributed by atoms with Crippen LogP contribution < -0.4 is 19.8 Å². The van der Waals surface area contributed by atoms with Crippen molar-refractivity contribution in [3.8, 4) is 28.8 Å². The van der Waals surface area contributed by atoms with Crippen LogP contribution in [0.5, 0.6) is 17.2 Å². The topological polar surface area (TPSA) is 88.1 Å². The van der Waals surface area contributed by atoms with Crippen LogP contribution in [0.4, 0.5) is 0 Å². The molecule has 2 heterocycles. The van der Waals surface area contributed by atoms with E-state index in [2.05, 4.69) is 33.2 Å². The van der Waals surface area contributed by atoms with E-state index in [4.69, 9.17) is 23.6 Å². The molecule has 8 nitrogen and oxygen atoms in total. The number of benzene rings is 4. The molecule has 6 rings (SSSR count). The molecule has 2 aromatic heterocycles. The lowest BCUT2D eigenvalue weighted by Crippen LogP contribution is -2.20. The minimum atomic E-state index is -0.330. The number of ether oxygens (including phenoxy) is 3. The van der Waals surface area contributed by atoms with Crippen molar-refractivity contribution in [1.29, 1.82) is 0 Å². The lowest BCUT2D eigenvalue weighted by atomic mass is 10.1. The molecule has 0 amide bonds. The summed E-state index contributed by atoms with van der Waals surface area (Å²) in [7, 11) is 1.60. The van der Waals surface area contributed by atoms with Crippen LogP contribution in [-0.2, 0) is 6.61 Å². The Labute approximate surface area is 256 Å². The van der Waals surface area contributed by atoms with E-state index in [0.29, 0.717) is 58.3 Å². The predicted molar refractivity (Wildman–Crippen MR) is 172 cm³/mol. The minimum absolute atomic E-state index is 0.261. The van der Waals surface area contributed by atoms with E-state index in [0.717, 1.165) is 15.4 Å². The van der Waals surface area contributed by atoms with Crippen molar-refractivity contribution < 1.29 is 18.6 Å². The van der Waals surface area contributed by atoms with Crippen LogP contribution in [-0.4, -0.2) is 29.6 Å². The Kier molecular flexibility index (Phi) is 7.98. The first-order valence-corrected chi connectivity index (χ1v) is 14.5. The summed E-state index contributed by atoms with van der Waals surface area (Å²) in [6, 6.07) is 26.3. The Hall–Kier alpha value is -4.89. The molecule has 0 bridgehead atoms. The monoisotopic (exact) mass is 637 g/mol. The number of furan rings is 1. The van der Waals surface area contributed by atoms with Crippen molar-refractivity contribution in [3.63, 3.8) is 0 Å². The highest BCUT2D eigenvalue weighted by atomic mass is 79.9. The first kappa shape index (κ1) is 28.2. The zero-order valence-electron chi connectivity index (χ0n) is 23.8. The number of fused-ring (bicyclic) bond motifs is 2. The molecular weight excluding hydrogens is 610 g/mol. The van der Waals surface area contributed by atoms with Gasteiger partial charge >= 0.3 is 0 Å². The molecule has 0 aliphatic rings. The Balaban J connectivity index is 1.41. The van der Waals surface area contributed by atoms with E-state index in [-0.39, 0.29) is 11.4 Å². The normalized spacial score (nSPS) is 11.4. The van der Waals surface area contributed by atoms with Crippen LogP contribution >= 0.6 is 15.9 Å². The van der Waals surface area contributed by atoms with Gasteiger partial charge in [0, 0.05) is 10.0 Å². The molecule has 0 saturated heterocycles. The van der Waals surface area contributed by atoms with Crippen LogP contribution in [0.3, 0.4) is 0 Å². The van der Waals surface area contributed by atoms with E-state index >= 15 is 0 Å². The summed E-state index contributed by atoms with van der Waals surface area (Å²) in [4.78, 5) is 18.5. The highest BCUT2D eigenvalue weighted by Crippen LogP contribution is 2.35. The fraction of sp³-hybridized carbons (Fsp3) is 0.147. The van der Waals surface area contributed by atoms with Gasteiger partial charge < -0.3 is 18.6 Å². The number of halogens is 1. The molecule has 0 unspecified atom stereocenters. The van der Waals surface area contributed by atoms with Crippen molar-refractivity contribution in [3.05, 3.63) is 116 Å². The van der Waals surface area contributed by atoms with Gasteiger partial charge in [-0.15, -0.1) is 0 Å². The summed E-state index contributed by atoms with van der Waals surface area (Å²) < 4.78 is 25.6. The second-order valence-electron chi connectivity index (χ2n) is 9.82. The molecule has 0 fully saturated rings. The Morgan fingerprint density at radius 2 is 1.72 bits per heavy atom. The van der Waals surface area contributed by atoms with Crippen molar-refractivity contribution >= 4 is 44.0 Å². The second-order valence-corrected chi connectivity index (χ2v) is 10.7. The van der Waals surface area contributed by atoms with Gasteiger partial charge in [0.25, 0.3) is 5.56 Å². The van der Waals surface area contributed by atoms with Crippen LogP contribution in [0.1, 0.15) is 23.6 Å². The van der Waals surface area contributed by atoms with E-state index in [1.165, 1.54) is 10.2 Å². The summed E-state index contributed by atoms with van der Waals surface area (Å²) in [6.45, 7) is 4.80. The summed E-state index contributed by atoms with van der Waals surface area (Å²) in [5, 5.41) is 5.81. The van der Waals surface area contributed by atoms with Crippen LogP contribution in [0.15, 0.2) is 104 Å². The average molecular weight is 639 g/mol. The number of aromatic nitrogens is 2. The third-order valence-electron chi connectivity index (χ3n) is 6.91. The largest absolute Gasteiger partial charge is 0.496 e. The molecule has 4 aromatic carbocycles. The summed E-state index contributed by atoms with van der Waals surface area (Å²) >= 11 is 3.64. The molecule has 216 valence electrons. The van der Waals surface area contributed by atoms with Gasteiger partial charge in [-0.3, -0.25) is 4.79 Å². The first-order valence-electron chi connectivity index (χ1n) is 13.7. The van der Waals surface area contributed by atoms with Gasteiger partial charge in [-0.1, -0.05) is 48.0 Å². The Morgan fingerprint density at radius 3 is 2.51 bits per heavy atom. The quantitative estimate of drug-likeness (QED) is 0.151. The molecule has 0 spiro atoms. The number of aryl methyl sites for hydroxylation is 1. The molecule has 0 radical (unpaired) electrons. The standard InChI is InChI=1S/C34H28BrN3O5/c1-4-41-30-16-23(26(35)18-31(30)42-20-22-14-12-21(2)13-15-22)19-36-38-33(37-27-9-6-5-8-24(27)34(38)39)32-17-25-28(40-3)10-7-11-29(25)43-32/h5-19H,4,20H2,1-3H3. The highest BCUT2D eigenvalue weighted by molar-refractivity contribution is 9.10. The third-order valence-corrected chi connectivity index (χ3v) is 7.59. The molecule has 0 saturated carbocycles. The molecule has 0 aliphatic carbocycles. The van der Waals surface area contributed by atoms with Gasteiger partial charge in [-0.2, -0.15) is 9.78 Å². The lowest BCUT2D eigenvalue weighted by Gasteiger charge is -2.14. The average Bonchev–Trinajstić information content (AvgIpc) is 3.46. The summed E-state index contributed by atoms with van der Waals surface area (Å²) in [6.07, 6.45) is 1.58. The molecule has 9 heteroatoms. The van der Waals surface area contributed by atoms with Crippen LogP contribution in [0.2, 0.25) is 0 Å². The maximum Gasteiger partial charge on any atom is 0.282 e. The van der Waals surface area contributed by atoms with Crippen molar-refractivity contribution in [2.24, 2.45) is 5.10 Å². The molecule has 0 atom stereocenters. The Morgan fingerprint density at radius 1 is 0.930 bits per heavy atom. The van der Waals surface area contributed by atoms with Crippen molar-refractivity contribution in [2.75, 3.05) is 13.7 Å². The third kappa shape index (κ3) is 5.76. The van der Waals surface area contributed by atoms with Gasteiger partial charge in [0.1, 0.15) is 17.9 Å². The van der Waals surface area contributed by atoms with Gasteiger partial charge in [0.15, 0.2) is 17.3 Å². The number of hydrogen-bond acceptors (Lipinski definition) is 7. The zero-order chi connectivity index (χ0) is 29.9. The maximum atomic E-state index is 13.7. The van der Waals surface area contributed by atoms with Crippen molar-refractivity contribution in [1.82, 2.24) is 9.66 Å². The molecule has 43 heavy (non-hydrogen) atoms. The zero-order valence-corrected chi connectivity index (χ0v) is 25.4. The molecule has 0 aliphatic heterocycles. The minimum Gasteiger partial charge on any atom is -0.496 e. The van der Waals surface area contributed by atoms with Crippen LogP contribution in [0, 0.1) is 6.92 Å². The van der Waals surface area contributed by atoms with Crippen molar-refractivity contribution in [2.45, 2.75) is 20.5 Å². The smallest absolute Gasteiger partial charge is 0.282 e. The second kappa shape index (κ2) is 12.1. The van der Waals surface area contributed by atoms with E-state index in [1.807, 2.05) is 62.4 Å². The SMILES string of the molecule is CCOc1cc(C=Nn2c(-c3cc4c(OC)cccc4o3)nc3ccccc3c2=O)c(Br)cc1OCc1ccc(C)cc1. The van der Waals surface area contributed by atoms with Gasteiger partial charge in [0.2, 0.25) is 5.82 Å². The number of rotatable bonds is 9. The van der Waals surface area contributed by atoms with Gasteiger partial charge in [0.05, 0.1) is 36.2 Å². The van der Waals surface area contributed by atoms with E-state index in [9.17, 15) is 4.79 Å². The van der Waals surface area contributed by atoms with E-state index in [1.54, 1.807) is 37.6 Å². The number of para-hydroxylation sites is 1. The fourth-order valence-electron chi connectivity index (χ4n) is 4.71. The first-order chi connectivity index (χ1) is 20.9. The maximum absolute atomic E-state index is 13.7. The van der Waals surface area contributed by atoms with E-state index < -0.39 is 0 Å². The fourth-order valence-corrected chi connectivity index (χ4v) is 5.13.